The lowest BCUT2D eigenvalue weighted by Gasteiger charge is -2.42. The van der Waals surface area contributed by atoms with Crippen molar-refractivity contribution in [3.63, 3.8) is 0 Å². The number of esters is 2. The molecule has 8 atom stereocenters. The summed E-state index contributed by atoms with van der Waals surface area (Å²) in [4.78, 5) is 26.0. The van der Waals surface area contributed by atoms with E-state index in [0.29, 0.717) is 23.0 Å². The maximum Gasteiger partial charge on any atom is 0.338 e. The van der Waals surface area contributed by atoms with Gasteiger partial charge in [-0.15, -0.1) is 0 Å². The largest absolute Gasteiger partial charge is 0.455 e. The molecule has 1 aromatic carbocycles. The maximum absolute atomic E-state index is 13.1. The minimum atomic E-state index is -0.411. The zero-order valence-corrected chi connectivity index (χ0v) is 21.4. The Balaban J connectivity index is 1.38. The zero-order valence-electron chi connectivity index (χ0n) is 19.2. The van der Waals surface area contributed by atoms with Crippen molar-refractivity contribution in [2.75, 3.05) is 0 Å². The van der Waals surface area contributed by atoms with Crippen LogP contribution in [-0.4, -0.2) is 24.1 Å². The number of benzene rings is 1. The van der Waals surface area contributed by atoms with E-state index in [-0.39, 0.29) is 30.0 Å². The Kier molecular flexibility index (Phi) is 6.27. The van der Waals surface area contributed by atoms with E-state index >= 15 is 0 Å². The second-order valence-electron chi connectivity index (χ2n) is 10.2. The third kappa shape index (κ3) is 4.11. The van der Waals surface area contributed by atoms with Gasteiger partial charge in [-0.05, 0) is 110 Å². The van der Waals surface area contributed by atoms with E-state index in [9.17, 15) is 9.59 Å². The minimum Gasteiger partial charge on any atom is -0.455 e. The maximum atomic E-state index is 13.1. The summed E-state index contributed by atoms with van der Waals surface area (Å²) in [5.74, 6) is 2.52. The van der Waals surface area contributed by atoms with Crippen LogP contribution >= 0.6 is 22.6 Å². The van der Waals surface area contributed by atoms with E-state index in [0.717, 1.165) is 27.4 Å². The molecule has 174 valence electrons. The average Bonchev–Trinajstić information content (AvgIpc) is 3.54. The van der Waals surface area contributed by atoms with E-state index in [1.807, 2.05) is 44.2 Å². The van der Waals surface area contributed by atoms with Gasteiger partial charge in [0.05, 0.1) is 11.1 Å². The monoisotopic (exact) mass is 558 g/mol. The molecule has 4 bridgehead atoms. The number of hydrogen-bond acceptors (Lipinski definition) is 4. The van der Waals surface area contributed by atoms with Gasteiger partial charge in [0, 0.05) is 15.4 Å². The zero-order chi connectivity index (χ0) is 23.3. The number of carbonyl (C=O) groups is 2. The van der Waals surface area contributed by atoms with Gasteiger partial charge in [-0.3, -0.25) is 0 Å². The molecule has 4 aliphatic carbocycles. The fourth-order valence-corrected chi connectivity index (χ4v) is 7.98. The van der Waals surface area contributed by atoms with Crippen molar-refractivity contribution < 1.29 is 19.1 Å². The number of ether oxygens (including phenoxy) is 2. The number of allylic oxidation sites excluding steroid dienone is 3. The van der Waals surface area contributed by atoms with Gasteiger partial charge in [-0.2, -0.15) is 0 Å². The molecule has 1 aromatic rings. The van der Waals surface area contributed by atoms with Gasteiger partial charge in [0.1, 0.15) is 12.2 Å². The lowest BCUT2D eigenvalue weighted by Crippen LogP contribution is -2.48. The first-order chi connectivity index (χ1) is 15.9. The Labute approximate surface area is 209 Å². The molecule has 0 aromatic heterocycles. The molecule has 33 heavy (non-hydrogen) atoms. The molecule has 0 spiro atoms. The first-order valence-corrected chi connectivity index (χ1v) is 13.1. The molecule has 0 heterocycles. The quantitative estimate of drug-likeness (QED) is 0.139. The smallest absolute Gasteiger partial charge is 0.338 e. The molecule has 0 saturated heterocycles. The first kappa shape index (κ1) is 22.9. The topological polar surface area (TPSA) is 52.6 Å². The summed E-state index contributed by atoms with van der Waals surface area (Å²) in [5, 5.41) is 0. The molecule has 4 fully saturated rings. The Bertz CT molecular complexity index is 1040. The molecule has 4 saturated carbocycles. The second-order valence-corrected chi connectivity index (χ2v) is 11.5. The van der Waals surface area contributed by atoms with Crippen molar-refractivity contribution >= 4 is 34.5 Å². The number of carbonyl (C=O) groups excluding carboxylic acids is 2. The van der Waals surface area contributed by atoms with Crippen molar-refractivity contribution in [2.45, 2.75) is 51.7 Å². The van der Waals surface area contributed by atoms with Gasteiger partial charge in [0.2, 0.25) is 0 Å². The normalized spacial score (nSPS) is 36.3. The summed E-state index contributed by atoms with van der Waals surface area (Å²) in [6.45, 7) is 7.80. The highest BCUT2D eigenvalue weighted by Gasteiger charge is 2.68. The van der Waals surface area contributed by atoms with Gasteiger partial charge in [0.15, 0.2) is 0 Å². The van der Waals surface area contributed by atoms with Crippen LogP contribution in [0.2, 0.25) is 0 Å². The van der Waals surface area contributed by atoms with E-state index in [2.05, 4.69) is 29.2 Å². The SMILES string of the molecule is C=C(/C=C(C)\C=C/C)C(=O)OC1C2CC(C1OC(=O)c1cccc(I)c1)C1C3CCC(C3)C21. The standard InChI is InChI=1S/C28H31IO4/c1-4-6-15(2)11-16(3)27(30)32-25-21-14-22(24-18-10-9-17(12-18)23(21)24)26(25)33-28(31)19-7-5-8-20(29)13-19/h4-8,11,13,17-18,21-26H,3,9-10,12,14H2,1-2H3/b6-4-,15-11-. The van der Waals surface area contributed by atoms with Crippen molar-refractivity contribution in [3.05, 3.63) is 69.4 Å². The van der Waals surface area contributed by atoms with Crippen LogP contribution in [0.25, 0.3) is 0 Å². The van der Waals surface area contributed by atoms with Crippen molar-refractivity contribution in [1.82, 2.24) is 0 Å². The molecular formula is C28H31IO4. The lowest BCUT2D eigenvalue weighted by molar-refractivity contribution is -0.159. The third-order valence-corrected chi connectivity index (χ3v) is 9.06. The van der Waals surface area contributed by atoms with E-state index < -0.39 is 5.97 Å². The molecule has 4 nitrogen and oxygen atoms in total. The molecule has 5 rings (SSSR count). The summed E-state index contributed by atoms with van der Waals surface area (Å²) < 4.78 is 13.2. The van der Waals surface area contributed by atoms with Crippen LogP contribution in [0.3, 0.4) is 0 Å². The first-order valence-electron chi connectivity index (χ1n) is 12.0. The van der Waals surface area contributed by atoms with Crippen LogP contribution in [0, 0.1) is 39.1 Å². The van der Waals surface area contributed by atoms with Gasteiger partial charge in [-0.25, -0.2) is 9.59 Å². The Hall–Kier alpha value is -1.89. The molecule has 4 aliphatic rings. The van der Waals surface area contributed by atoms with Gasteiger partial charge >= 0.3 is 11.9 Å². The summed E-state index contributed by atoms with van der Waals surface area (Å²) in [5.41, 5.74) is 1.83. The summed E-state index contributed by atoms with van der Waals surface area (Å²) in [7, 11) is 0. The van der Waals surface area contributed by atoms with Gasteiger partial charge in [0.25, 0.3) is 0 Å². The van der Waals surface area contributed by atoms with E-state index in [1.54, 1.807) is 12.1 Å². The highest BCUT2D eigenvalue weighted by atomic mass is 127. The van der Waals surface area contributed by atoms with Crippen LogP contribution in [-0.2, 0) is 14.3 Å². The molecule has 5 heteroatoms. The van der Waals surface area contributed by atoms with Crippen molar-refractivity contribution in [1.29, 1.82) is 0 Å². The van der Waals surface area contributed by atoms with Crippen LogP contribution in [0.5, 0.6) is 0 Å². The van der Waals surface area contributed by atoms with Crippen LogP contribution in [0.15, 0.2) is 60.2 Å². The van der Waals surface area contributed by atoms with Gasteiger partial charge < -0.3 is 9.47 Å². The highest BCUT2D eigenvalue weighted by Crippen LogP contribution is 2.68. The third-order valence-electron chi connectivity index (χ3n) is 8.39. The molecule has 8 unspecified atom stereocenters. The summed E-state index contributed by atoms with van der Waals surface area (Å²) in [6.07, 6.45) is 9.72. The van der Waals surface area contributed by atoms with E-state index in [1.165, 1.54) is 19.3 Å². The molecule has 0 N–H and O–H groups in total. The van der Waals surface area contributed by atoms with Gasteiger partial charge in [-0.1, -0.05) is 30.4 Å². The molecule has 0 amide bonds. The predicted molar refractivity (Wildman–Crippen MR) is 135 cm³/mol. The molecule has 0 radical (unpaired) electrons. The minimum absolute atomic E-state index is 0.279. The van der Waals surface area contributed by atoms with Crippen LogP contribution in [0.4, 0.5) is 0 Å². The second kappa shape index (κ2) is 9.05. The summed E-state index contributed by atoms with van der Waals surface area (Å²) in [6, 6.07) is 7.45. The fraction of sp³-hybridized carbons (Fsp3) is 0.500. The van der Waals surface area contributed by atoms with Crippen molar-refractivity contribution in [3.8, 4) is 0 Å². The van der Waals surface area contributed by atoms with Crippen LogP contribution in [0.1, 0.15) is 49.9 Å². The lowest BCUT2D eigenvalue weighted by atomic mass is 9.69. The average molecular weight is 558 g/mol. The number of fused-ring (bicyclic) bond motifs is 9. The number of halogens is 1. The Morgan fingerprint density at radius 2 is 1.73 bits per heavy atom. The summed E-state index contributed by atoms with van der Waals surface area (Å²) >= 11 is 2.20. The Morgan fingerprint density at radius 3 is 2.36 bits per heavy atom. The van der Waals surface area contributed by atoms with E-state index in [4.69, 9.17) is 9.47 Å². The number of rotatable bonds is 6. The predicted octanol–water partition coefficient (Wildman–Crippen LogP) is 6.12. The fourth-order valence-electron chi connectivity index (χ4n) is 7.43. The highest BCUT2D eigenvalue weighted by molar-refractivity contribution is 14.1. The number of hydrogen-bond donors (Lipinski definition) is 0. The molecule has 0 aliphatic heterocycles. The Morgan fingerprint density at radius 1 is 1.06 bits per heavy atom. The van der Waals surface area contributed by atoms with Crippen LogP contribution < -0.4 is 0 Å². The van der Waals surface area contributed by atoms with Crippen molar-refractivity contribution in [2.24, 2.45) is 35.5 Å². The molecular weight excluding hydrogens is 527 g/mol.